The summed E-state index contributed by atoms with van der Waals surface area (Å²) >= 11 is 11.6. The minimum absolute atomic E-state index is 0.00399. The Kier molecular flexibility index (Phi) is 8.47. The molecule has 6 nitrogen and oxygen atoms in total. The van der Waals surface area contributed by atoms with Gasteiger partial charge in [-0.1, -0.05) is 29.8 Å². The molecule has 0 spiro atoms. The standard InChI is InChI=1S/C15H17Cl2NO5/c1-10(2)14(19)3-4-23-18-15(20)22-6-5-21-13-8-11(16)7-12(17)9-13/h7-9H,1,3-6H2,2H3,(H,18,20). The summed E-state index contributed by atoms with van der Waals surface area (Å²) in [5, 5.41) is 0.896. The van der Waals surface area contributed by atoms with Crippen LogP contribution in [0.3, 0.4) is 0 Å². The number of rotatable bonds is 9. The van der Waals surface area contributed by atoms with E-state index in [0.29, 0.717) is 21.4 Å². The minimum atomic E-state index is -0.777. The molecule has 1 rings (SSSR count). The summed E-state index contributed by atoms with van der Waals surface area (Å²) in [7, 11) is 0. The largest absolute Gasteiger partial charge is 0.490 e. The first-order valence-corrected chi connectivity index (χ1v) is 7.46. The summed E-state index contributed by atoms with van der Waals surface area (Å²) in [6.45, 7) is 5.28. The number of allylic oxidation sites excluding steroid dienone is 1. The summed E-state index contributed by atoms with van der Waals surface area (Å²) in [5.41, 5.74) is 2.49. The highest BCUT2D eigenvalue weighted by Gasteiger charge is 2.05. The maximum absolute atomic E-state index is 11.3. The van der Waals surface area contributed by atoms with Crippen molar-refractivity contribution < 1.29 is 23.9 Å². The lowest BCUT2D eigenvalue weighted by molar-refractivity contribution is -0.117. The van der Waals surface area contributed by atoms with E-state index in [-0.39, 0.29) is 32.0 Å². The smallest absolute Gasteiger partial charge is 0.431 e. The molecular weight excluding hydrogens is 345 g/mol. The van der Waals surface area contributed by atoms with E-state index in [1.54, 1.807) is 25.1 Å². The monoisotopic (exact) mass is 361 g/mol. The zero-order valence-corrected chi connectivity index (χ0v) is 14.1. The molecule has 0 saturated carbocycles. The molecule has 0 radical (unpaired) electrons. The Balaban J connectivity index is 2.12. The first-order valence-electron chi connectivity index (χ1n) is 6.70. The number of carbonyl (C=O) groups is 2. The van der Waals surface area contributed by atoms with E-state index in [0.717, 1.165) is 0 Å². The fraction of sp³-hybridized carbons (Fsp3) is 0.333. The van der Waals surface area contributed by atoms with Gasteiger partial charge in [0.15, 0.2) is 5.78 Å². The molecule has 0 atom stereocenters. The SMILES string of the molecule is C=C(C)C(=O)CCONC(=O)OCCOc1cc(Cl)cc(Cl)c1. The van der Waals surface area contributed by atoms with Gasteiger partial charge in [0.05, 0.1) is 6.61 Å². The van der Waals surface area contributed by atoms with Gasteiger partial charge in [0, 0.05) is 16.5 Å². The van der Waals surface area contributed by atoms with Crippen LogP contribution in [-0.2, 0) is 14.4 Å². The Morgan fingerprint density at radius 2 is 1.78 bits per heavy atom. The lowest BCUT2D eigenvalue weighted by Gasteiger charge is -2.09. The molecule has 0 unspecified atom stereocenters. The van der Waals surface area contributed by atoms with Crippen molar-refractivity contribution >= 4 is 35.1 Å². The Morgan fingerprint density at radius 1 is 1.13 bits per heavy atom. The summed E-state index contributed by atoms with van der Waals surface area (Å²) in [5.74, 6) is 0.342. The molecule has 0 aliphatic rings. The number of halogens is 2. The molecular formula is C15H17Cl2NO5. The third-order valence-corrected chi connectivity index (χ3v) is 2.92. The van der Waals surface area contributed by atoms with E-state index >= 15 is 0 Å². The molecule has 0 aliphatic carbocycles. The highest BCUT2D eigenvalue weighted by Crippen LogP contribution is 2.23. The molecule has 0 aliphatic heterocycles. The van der Waals surface area contributed by atoms with Crippen LogP contribution >= 0.6 is 23.2 Å². The number of carbonyl (C=O) groups excluding carboxylic acids is 2. The molecule has 0 fully saturated rings. The molecule has 1 amide bonds. The summed E-state index contributed by atoms with van der Waals surface area (Å²) in [4.78, 5) is 27.3. The number of amides is 1. The van der Waals surface area contributed by atoms with Gasteiger partial charge in [0.25, 0.3) is 0 Å². The van der Waals surface area contributed by atoms with Crippen LogP contribution in [0.5, 0.6) is 5.75 Å². The lowest BCUT2D eigenvalue weighted by Crippen LogP contribution is -2.27. The Labute approximate surface area is 144 Å². The van der Waals surface area contributed by atoms with E-state index in [1.807, 2.05) is 0 Å². The topological polar surface area (TPSA) is 73.9 Å². The maximum atomic E-state index is 11.3. The van der Waals surface area contributed by atoms with Crippen molar-refractivity contribution in [1.29, 1.82) is 0 Å². The highest BCUT2D eigenvalue weighted by molar-refractivity contribution is 6.34. The van der Waals surface area contributed by atoms with Gasteiger partial charge in [0.2, 0.25) is 0 Å². The zero-order chi connectivity index (χ0) is 17.2. The Bertz CT molecular complexity index is 557. The molecule has 1 N–H and O–H groups in total. The third kappa shape index (κ3) is 8.44. The van der Waals surface area contributed by atoms with Crippen LogP contribution in [0.2, 0.25) is 10.0 Å². The fourth-order valence-corrected chi connectivity index (χ4v) is 1.91. The van der Waals surface area contributed by atoms with Crippen molar-refractivity contribution in [1.82, 2.24) is 5.48 Å². The number of hydrogen-bond donors (Lipinski definition) is 1. The van der Waals surface area contributed by atoms with Crippen LogP contribution in [0.15, 0.2) is 30.4 Å². The molecule has 8 heteroatoms. The van der Waals surface area contributed by atoms with Gasteiger partial charge in [-0.2, -0.15) is 5.48 Å². The van der Waals surface area contributed by atoms with Gasteiger partial charge in [-0.15, -0.1) is 0 Å². The molecule has 1 aromatic rings. The van der Waals surface area contributed by atoms with Crippen LogP contribution in [0.1, 0.15) is 13.3 Å². The number of hydrogen-bond acceptors (Lipinski definition) is 5. The number of Topliss-reactive ketones (excluding diaryl/α,β-unsaturated/α-hetero) is 1. The highest BCUT2D eigenvalue weighted by atomic mass is 35.5. The van der Waals surface area contributed by atoms with Gasteiger partial charge >= 0.3 is 6.09 Å². The molecule has 0 saturated heterocycles. The minimum Gasteiger partial charge on any atom is -0.490 e. The van der Waals surface area contributed by atoms with Crippen LogP contribution in [0.25, 0.3) is 0 Å². The molecule has 0 bridgehead atoms. The quantitative estimate of drug-likeness (QED) is 0.413. The van der Waals surface area contributed by atoms with E-state index in [1.165, 1.54) is 0 Å². The summed E-state index contributed by atoms with van der Waals surface area (Å²) in [6.07, 6.45) is -0.644. The van der Waals surface area contributed by atoms with Crippen molar-refractivity contribution in [2.75, 3.05) is 19.8 Å². The summed E-state index contributed by atoms with van der Waals surface area (Å²) in [6, 6.07) is 4.76. The van der Waals surface area contributed by atoms with Crippen molar-refractivity contribution in [2.45, 2.75) is 13.3 Å². The normalized spacial score (nSPS) is 10.0. The van der Waals surface area contributed by atoms with E-state index < -0.39 is 6.09 Å². The predicted octanol–water partition coefficient (Wildman–Crippen LogP) is 3.57. The van der Waals surface area contributed by atoms with Crippen LogP contribution < -0.4 is 10.2 Å². The fourth-order valence-electron chi connectivity index (χ4n) is 1.40. The summed E-state index contributed by atoms with van der Waals surface area (Å²) < 4.78 is 10.1. The lowest BCUT2D eigenvalue weighted by atomic mass is 10.2. The average Bonchev–Trinajstić information content (AvgIpc) is 2.46. The second-order valence-corrected chi connectivity index (χ2v) is 5.37. The molecule has 1 aromatic carbocycles. The second kappa shape index (κ2) is 10.1. The number of nitrogens with one attached hydrogen (secondary N) is 1. The van der Waals surface area contributed by atoms with Crippen molar-refractivity contribution in [3.05, 3.63) is 40.4 Å². The number of benzene rings is 1. The number of ether oxygens (including phenoxy) is 2. The van der Waals surface area contributed by atoms with Crippen molar-refractivity contribution in [2.24, 2.45) is 0 Å². The van der Waals surface area contributed by atoms with Gasteiger partial charge in [-0.25, -0.2) is 4.79 Å². The van der Waals surface area contributed by atoms with Gasteiger partial charge in [-0.05, 0) is 30.7 Å². The van der Waals surface area contributed by atoms with Crippen LogP contribution in [0, 0.1) is 0 Å². The molecule has 23 heavy (non-hydrogen) atoms. The average molecular weight is 362 g/mol. The first kappa shape index (κ1) is 19.3. The van der Waals surface area contributed by atoms with E-state index in [4.69, 9.17) is 37.5 Å². The van der Waals surface area contributed by atoms with Gasteiger partial charge in [-0.3, -0.25) is 9.63 Å². The van der Waals surface area contributed by atoms with E-state index in [9.17, 15) is 9.59 Å². The van der Waals surface area contributed by atoms with Crippen LogP contribution in [0.4, 0.5) is 4.79 Å². The third-order valence-electron chi connectivity index (χ3n) is 2.48. The van der Waals surface area contributed by atoms with E-state index in [2.05, 4.69) is 12.1 Å². The molecule has 0 aromatic heterocycles. The first-order chi connectivity index (χ1) is 10.9. The number of hydroxylamine groups is 1. The number of ketones is 1. The van der Waals surface area contributed by atoms with Gasteiger partial charge < -0.3 is 9.47 Å². The van der Waals surface area contributed by atoms with Crippen molar-refractivity contribution in [3.8, 4) is 5.75 Å². The zero-order valence-electron chi connectivity index (χ0n) is 12.6. The maximum Gasteiger partial charge on any atom is 0.431 e. The second-order valence-electron chi connectivity index (χ2n) is 4.49. The predicted molar refractivity (Wildman–Crippen MR) is 86.8 cm³/mol. The van der Waals surface area contributed by atoms with Gasteiger partial charge in [0.1, 0.15) is 19.0 Å². The van der Waals surface area contributed by atoms with Crippen LogP contribution in [-0.4, -0.2) is 31.7 Å². The molecule has 126 valence electrons. The Hall–Kier alpha value is -1.76. The molecule has 0 heterocycles. The Morgan fingerprint density at radius 3 is 2.39 bits per heavy atom. The van der Waals surface area contributed by atoms with Crippen molar-refractivity contribution in [3.63, 3.8) is 0 Å².